The summed E-state index contributed by atoms with van der Waals surface area (Å²) in [7, 11) is 0. The first-order valence-electron chi connectivity index (χ1n) is 4.11. The van der Waals surface area contributed by atoms with E-state index in [4.69, 9.17) is 0 Å². The molecule has 0 aliphatic rings. The molecule has 0 amide bonds. The van der Waals surface area contributed by atoms with Crippen LogP contribution in [-0.2, 0) is 0 Å². The summed E-state index contributed by atoms with van der Waals surface area (Å²) in [6.07, 6.45) is -5.70. The van der Waals surface area contributed by atoms with E-state index in [1.165, 1.54) is 26.0 Å². The van der Waals surface area contributed by atoms with Gasteiger partial charge in [0.2, 0.25) is 0 Å². The Labute approximate surface area is 79.6 Å². The van der Waals surface area contributed by atoms with Crippen molar-refractivity contribution in [1.82, 2.24) is 0 Å². The molecule has 0 aliphatic carbocycles. The average molecular weight is 206 g/mol. The molecule has 0 bridgehead atoms. The van der Waals surface area contributed by atoms with Gasteiger partial charge >= 0.3 is 0 Å². The molecule has 0 N–H and O–H groups in total. The van der Waals surface area contributed by atoms with Crippen LogP contribution in [0.2, 0.25) is 0 Å². The first kappa shape index (κ1) is 11.0. The molecule has 0 aromatic heterocycles. The van der Waals surface area contributed by atoms with Crippen molar-refractivity contribution in [3.05, 3.63) is 34.4 Å². The molecule has 0 atom stereocenters. The lowest BCUT2D eigenvalue weighted by molar-refractivity contribution is 0.123. The molecule has 0 saturated heterocycles. The van der Waals surface area contributed by atoms with Gasteiger partial charge in [-0.1, -0.05) is 12.1 Å². The number of aryl methyl sites for hydroxylation is 2. The monoisotopic (exact) mass is 206 g/mol. The first-order valence-corrected chi connectivity index (χ1v) is 4.11. The van der Waals surface area contributed by atoms with Crippen molar-refractivity contribution in [2.75, 3.05) is 0 Å². The molecular formula is C10H10F4. The second kappa shape index (κ2) is 3.98. The summed E-state index contributed by atoms with van der Waals surface area (Å²) in [4.78, 5) is 0. The quantitative estimate of drug-likeness (QED) is 0.637. The van der Waals surface area contributed by atoms with Crippen LogP contribution >= 0.6 is 0 Å². The number of halogens is 4. The molecule has 1 aromatic rings. The predicted molar refractivity (Wildman–Crippen MR) is 45.8 cm³/mol. The Kier molecular flexibility index (Phi) is 3.13. The number of hydrogen-bond acceptors (Lipinski definition) is 0. The molecule has 0 nitrogen and oxygen atoms in total. The van der Waals surface area contributed by atoms with Gasteiger partial charge < -0.3 is 0 Å². The van der Waals surface area contributed by atoms with E-state index in [0.29, 0.717) is 0 Å². The summed E-state index contributed by atoms with van der Waals surface area (Å²) in [5.74, 6) is 0. The van der Waals surface area contributed by atoms with Gasteiger partial charge in [-0.3, -0.25) is 0 Å². The summed E-state index contributed by atoms with van der Waals surface area (Å²) in [6.45, 7) is 2.82. The molecule has 1 rings (SSSR count). The molecule has 0 heterocycles. The number of rotatable bonds is 2. The lowest BCUT2D eigenvalue weighted by Crippen LogP contribution is -2.01. The summed E-state index contributed by atoms with van der Waals surface area (Å²) < 4.78 is 50.0. The van der Waals surface area contributed by atoms with Crippen molar-refractivity contribution >= 4 is 0 Å². The van der Waals surface area contributed by atoms with E-state index in [1.54, 1.807) is 0 Å². The van der Waals surface area contributed by atoms with Gasteiger partial charge in [-0.15, -0.1) is 0 Å². The van der Waals surface area contributed by atoms with Crippen LogP contribution in [0.4, 0.5) is 17.6 Å². The lowest BCUT2D eigenvalue weighted by atomic mass is 9.98. The van der Waals surface area contributed by atoms with E-state index in [0.717, 1.165) is 0 Å². The molecule has 0 spiro atoms. The standard InChI is InChI=1S/C10H10F4/c1-5-3-4-6(2)8(10(13)14)7(5)9(11)12/h3-4,9-10H,1-2H3. The van der Waals surface area contributed by atoms with Crippen LogP contribution in [-0.4, -0.2) is 0 Å². The molecule has 4 heteroatoms. The maximum Gasteiger partial charge on any atom is 0.264 e. The topological polar surface area (TPSA) is 0 Å². The molecular weight excluding hydrogens is 196 g/mol. The van der Waals surface area contributed by atoms with Crippen LogP contribution in [0.5, 0.6) is 0 Å². The fraction of sp³-hybridized carbons (Fsp3) is 0.400. The Balaban J connectivity index is 3.42. The van der Waals surface area contributed by atoms with Crippen molar-refractivity contribution < 1.29 is 17.6 Å². The third kappa shape index (κ3) is 1.89. The van der Waals surface area contributed by atoms with Crippen molar-refractivity contribution in [2.24, 2.45) is 0 Å². The van der Waals surface area contributed by atoms with E-state index < -0.39 is 24.0 Å². The van der Waals surface area contributed by atoms with Gasteiger partial charge in [-0.25, -0.2) is 17.6 Å². The minimum Gasteiger partial charge on any atom is -0.205 e. The van der Waals surface area contributed by atoms with Crippen molar-refractivity contribution in [3.8, 4) is 0 Å². The van der Waals surface area contributed by atoms with Crippen LogP contribution in [0.15, 0.2) is 12.1 Å². The smallest absolute Gasteiger partial charge is 0.205 e. The van der Waals surface area contributed by atoms with Gasteiger partial charge in [-0.2, -0.15) is 0 Å². The van der Waals surface area contributed by atoms with Gasteiger partial charge in [0.25, 0.3) is 12.9 Å². The van der Waals surface area contributed by atoms with Gasteiger partial charge in [0.15, 0.2) is 0 Å². The Morgan fingerprint density at radius 1 is 0.786 bits per heavy atom. The van der Waals surface area contributed by atoms with E-state index in [-0.39, 0.29) is 11.1 Å². The van der Waals surface area contributed by atoms with Crippen molar-refractivity contribution in [2.45, 2.75) is 26.7 Å². The maximum absolute atomic E-state index is 12.5. The summed E-state index contributed by atoms with van der Waals surface area (Å²) in [5.41, 5.74) is -0.637. The Morgan fingerprint density at radius 2 is 1.07 bits per heavy atom. The first-order chi connectivity index (χ1) is 6.45. The Morgan fingerprint density at radius 3 is 1.29 bits per heavy atom. The number of benzene rings is 1. The lowest BCUT2D eigenvalue weighted by Gasteiger charge is -2.13. The van der Waals surface area contributed by atoms with Crippen LogP contribution in [0.3, 0.4) is 0 Å². The highest BCUT2D eigenvalue weighted by molar-refractivity contribution is 5.41. The molecule has 0 fully saturated rings. The summed E-state index contributed by atoms with van der Waals surface area (Å²) in [5, 5.41) is 0. The van der Waals surface area contributed by atoms with Crippen LogP contribution in [0.25, 0.3) is 0 Å². The van der Waals surface area contributed by atoms with Crippen molar-refractivity contribution in [3.63, 3.8) is 0 Å². The van der Waals surface area contributed by atoms with Gasteiger partial charge in [0, 0.05) is 11.1 Å². The molecule has 78 valence electrons. The Hall–Kier alpha value is -1.06. The van der Waals surface area contributed by atoms with E-state index >= 15 is 0 Å². The zero-order valence-electron chi connectivity index (χ0n) is 7.82. The normalized spacial score (nSPS) is 11.4. The van der Waals surface area contributed by atoms with E-state index in [2.05, 4.69) is 0 Å². The number of hydrogen-bond donors (Lipinski definition) is 0. The SMILES string of the molecule is Cc1ccc(C)c(C(F)F)c1C(F)F. The highest BCUT2D eigenvalue weighted by atomic mass is 19.3. The number of alkyl halides is 4. The van der Waals surface area contributed by atoms with Crippen molar-refractivity contribution in [1.29, 1.82) is 0 Å². The molecule has 0 aliphatic heterocycles. The highest BCUT2D eigenvalue weighted by Gasteiger charge is 2.23. The molecule has 0 radical (unpaired) electrons. The fourth-order valence-corrected chi connectivity index (χ4v) is 1.43. The van der Waals surface area contributed by atoms with E-state index in [9.17, 15) is 17.6 Å². The third-order valence-electron chi connectivity index (χ3n) is 2.16. The molecule has 0 unspecified atom stereocenters. The largest absolute Gasteiger partial charge is 0.264 e. The van der Waals surface area contributed by atoms with E-state index in [1.807, 2.05) is 0 Å². The van der Waals surface area contributed by atoms with Gasteiger partial charge in [-0.05, 0) is 25.0 Å². The second-order valence-electron chi connectivity index (χ2n) is 3.13. The van der Waals surface area contributed by atoms with Gasteiger partial charge in [0.1, 0.15) is 0 Å². The zero-order valence-corrected chi connectivity index (χ0v) is 7.82. The Bertz CT molecular complexity index is 298. The molecule has 0 saturated carbocycles. The maximum atomic E-state index is 12.5. The van der Waals surface area contributed by atoms with Crippen LogP contribution < -0.4 is 0 Å². The minimum absolute atomic E-state index is 0.209. The van der Waals surface area contributed by atoms with Crippen LogP contribution in [0, 0.1) is 13.8 Å². The van der Waals surface area contributed by atoms with Gasteiger partial charge in [0.05, 0.1) is 0 Å². The van der Waals surface area contributed by atoms with Crippen LogP contribution in [0.1, 0.15) is 35.1 Å². The fourth-order valence-electron chi connectivity index (χ4n) is 1.43. The zero-order chi connectivity index (χ0) is 10.9. The average Bonchev–Trinajstić information content (AvgIpc) is 2.07. The molecule has 1 aromatic carbocycles. The predicted octanol–water partition coefficient (Wildman–Crippen LogP) is 4.18. The third-order valence-corrected chi connectivity index (χ3v) is 2.16. The highest BCUT2D eigenvalue weighted by Crippen LogP contribution is 2.34. The second-order valence-corrected chi connectivity index (χ2v) is 3.13. The molecule has 14 heavy (non-hydrogen) atoms. The summed E-state index contributed by atoms with van der Waals surface area (Å²) >= 11 is 0. The summed E-state index contributed by atoms with van der Waals surface area (Å²) in [6, 6.07) is 2.87. The minimum atomic E-state index is -2.85.